The van der Waals surface area contributed by atoms with E-state index < -0.39 is 0 Å². The third-order valence-corrected chi connectivity index (χ3v) is 3.82. The Morgan fingerprint density at radius 3 is 1.39 bits per heavy atom. The fourth-order valence-electron chi connectivity index (χ4n) is 2.50. The minimum absolute atomic E-state index is 0.540. The Labute approximate surface area is 163 Å². The van der Waals surface area contributed by atoms with Gasteiger partial charge in [-0.15, -0.1) is 0 Å². The van der Waals surface area contributed by atoms with Crippen molar-refractivity contribution in [2.75, 3.05) is 0 Å². The van der Waals surface area contributed by atoms with Gasteiger partial charge in [-0.3, -0.25) is 9.78 Å². The second-order valence-corrected chi connectivity index (χ2v) is 5.94. The van der Waals surface area contributed by atoms with Crippen LogP contribution in [0.2, 0.25) is 0 Å². The molecule has 0 bridgehead atoms. The molecule has 0 spiro atoms. The molecule has 4 rings (SSSR count). The summed E-state index contributed by atoms with van der Waals surface area (Å²) in [4.78, 5) is 10.8. The van der Waals surface area contributed by atoms with Gasteiger partial charge in [-0.05, 0) is 60.7 Å². The lowest BCUT2D eigenvalue weighted by Gasteiger charge is -2.09. The number of benzene rings is 4. The van der Waals surface area contributed by atoms with Crippen molar-refractivity contribution in [1.82, 2.24) is 0 Å². The van der Waals surface area contributed by atoms with E-state index in [0.717, 1.165) is 17.2 Å². The van der Waals surface area contributed by atoms with Gasteiger partial charge in [0.1, 0.15) is 23.0 Å². The molecule has 0 unspecified atom stereocenters. The Balaban J connectivity index is 1.35. The monoisotopic (exact) mass is 370 g/mol. The Morgan fingerprint density at radius 1 is 0.321 bits per heavy atom. The van der Waals surface area contributed by atoms with Crippen LogP contribution in [-0.4, -0.2) is 0 Å². The third kappa shape index (κ3) is 4.83. The molecule has 0 aliphatic heterocycles. The molecule has 0 saturated heterocycles. The summed E-state index contributed by atoms with van der Waals surface area (Å²) in [6.45, 7) is 0. The van der Waals surface area contributed by atoms with E-state index in [4.69, 9.17) is 19.2 Å². The van der Waals surface area contributed by atoms with Crippen molar-refractivity contribution in [1.29, 1.82) is 0 Å². The summed E-state index contributed by atoms with van der Waals surface area (Å²) in [7, 11) is 0. The first kappa shape index (κ1) is 17.5. The molecule has 0 amide bonds. The van der Waals surface area contributed by atoms with E-state index in [-0.39, 0.29) is 0 Å². The van der Waals surface area contributed by atoms with Gasteiger partial charge < -0.3 is 9.47 Å². The molecule has 0 aliphatic carbocycles. The molecule has 4 aromatic rings. The van der Waals surface area contributed by atoms with Gasteiger partial charge in [0.25, 0.3) is 0 Å². The number of para-hydroxylation sites is 2. The van der Waals surface area contributed by atoms with Crippen LogP contribution in [0.3, 0.4) is 0 Å². The minimum Gasteiger partial charge on any atom is -0.457 e. The first-order valence-corrected chi connectivity index (χ1v) is 8.86. The van der Waals surface area contributed by atoms with E-state index in [0.29, 0.717) is 17.2 Å². The van der Waals surface area contributed by atoms with Crippen LogP contribution in [0, 0.1) is 0 Å². The molecule has 4 nitrogen and oxygen atoms in total. The van der Waals surface area contributed by atoms with E-state index in [1.54, 1.807) is 24.3 Å². The van der Waals surface area contributed by atoms with E-state index in [9.17, 15) is 0 Å². The van der Waals surface area contributed by atoms with Gasteiger partial charge in [-0.1, -0.05) is 42.5 Å². The van der Waals surface area contributed by atoms with Crippen LogP contribution in [0.4, 0.5) is 0 Å². The van der Waals surface area contributed by atoms with Gasteiger partial charge in [0.2, 0.25) is 0 Å². The molecule has 0 fully saturated rings. The number of ether oxygens (including phenoxy) is 2. The van der Waals surface area contributed by atoms with Gasteiger partial charge >= 0.3 is 0 Å². The largest absolute Gasteiger partial charge is 0.457 e. The summed E-state index contributed by atoms with van der Waals surface area (Å²) < 4.78 is 11.5. The predicted molar refractivity (Wildman–Crippen MR) is 107 cm³/mol. The summed E-state index contributed by atoms with van der Waals surface area (Å²) in [6.07, 6.45) is 0. The maximum Gasteiger partial charge on any atom is 0.182 e. The fourth-order valence-corrected chi connectivity index (χ4v) is 2.50. The van der Waals surface area contributed by atoms with Gasteiger partial charge in [0.15, 0.2) is 11.5 Å². The molecule has 0 aliphatic rings. The van der Waals surface area contributed by atoms with Crippen molar-refractivity contribution in [3.8, 4) is 34.5 Å². The molecule has 0 saturated carbocycles. The van der Waals surface area contributed by atoms with E-state index >= 15 is 0 Å². The molecule has 0 heterocycles. The first-order chi connectivity index (χ1) is 13.8. The van der Waals surface area contributed by atoms with E-state index in [1.807, 2.05) is 84.9 Å². The average Bonchev–Trinajstić information content (AvgIpc) is 2.75. The molecule has 0 aromatic heterocycles. The molecule has 138 valence electrons. The average molecular weight is 370 g/mol. The topological polar surface area (TPSA) is 36.9 Å². The molecular weight excluding hydrogens is 352 g/mol. The van der Waals surface area contributed by atoms with Gasteiger partial charge in [0.05, 0.1) is 0 Å². The molecular formula is C24H18O4. The van der Waals surface area contributed by atoms with Gasteiger partial charge in [-0.25, -0.2) is 0 Å². The molecule has 4 heteroatoms. The zero-order chi connectivity index (χ0) is 19.0. The Morgan fingerprint density at radius 2 is 0.750 bits per heavy atom. The first-order valence-electron chi connectivity index (χ1n) is 8.86. The second kappa shape index (κ2) is 8.64. The van der Waals surface area contributed by atoms with Crippen LogP contribution in [-0.2, 0) is 0 Å². The lowest BCUT2D eigenvalue weighted by atomic mass is 10.3. The fraction of sp³-hybridized carbons (Fsp3) is 0. The zero-order valence-corrected chi connectivity index (χ0v) is 15.0. The van der Waals surface area contributed by atoms with Crippen molar-refractivity contribution in [2.45, 2.75) is 0 Å². The summed E-state index contributed by atoms with van der Waals surface area (Å²) in [5.41, 5.74) is 0. The summed E-state index contributed by atoms with van der Waals surface area (Å²) in [5, 5.41) is 0. The highest BCUT2D eigenvalue weighted by atomic mass is 17.2. The van der Waals surface area contributed by atoms with Crippen LogP contribution in [0.25, 0.3) is 0 Å². The molecule has 4 aromatic carbocycles. The number of rotatable bonds is 7. The normalized spacial score (nSPS) is 10.1. The lowest BCUT2D eigenvalue weighted by molar-refractivity contribution is -0.100. The molecule has 0 N–H and O–H groups in total. The molecule has 0 atom stereocenters. The van der Waals surface area contributed by atoms with Crippen LogP contribution >= 0.6 is 0 Å². The molecule has 28 heavy (non-hydrogen) atoms. The maximum absolute atomic E-state index is 5.79. The summed E-state index contributed by atoms with van der Waals surface area (Å²) in [5.74, 6) is 4.03. The van der Waals surface area contributed by atoms with Crippen molar-refractivity contribution >= 4 is 0 Å². The SMILES string of the molecule is c1ccc(Oc2ccc(OOc3cccc(Oc4ccccc4)c3)cc2)cc1. The van der Waals surface area contributed by atoms with E-state index in [2.05, 4.69) is 0 Å². The Kier molecular flexibility index (Phi) is 5.40. The maximum atomic E-state index is 5.79. The molecule has 0 radical (unpaired) electrons. The van der Waals surface area contributed by atoms with Crippen LogP contribution < -0.4 is 19.2 Å². The number of hydrogen-bond acceptors (Lipinski definition) is 4. The Bertz CT molecular complexity index is 999. The van der Waals surface area contributed by atoms with Gasteiger partial charge in [0, 0.05) is 6.07 Å². The Hall–Kier alpha value is -3.92. The van der Waals surface area contributed by atoms with E-state index in [1.165, 1.54) is 0 Å². The van der Waals surface area contributed by atoms with Crippen molar-refractivity contribution < 1.29 is 19.2 Å². The highest BCUT2D eigenvalue weighted by Crippen LogP contribution is 2.27. The quantitative estimate of drug-likeness (QED) is 0.270. The summed E-state index contributed by atoms with van der Waals surface area (Å²) in [6, 6.07) is 33.6. The highest BCUT2D eigenvalue weighted by Gasteiger charge is 2.03. The van der Waals surface area contributed by atoms with Crippen molar-refractivity contribution in [3.63, 3.8) is 0 Å². The second-order valence-electron chi connectivity index (χ2n) is 5.94. The van der Waals surface area contributed by atoms with Crippen LogP contribution in [0.1, 0.15) is 0 Å². The third-order valence-electron chi connectivity index (χ3n) is 3.82. The highest BCUT2D eigenvalue weighted by molar-refractivity contribution is 5.37. The predicted octanol–water partition coefficient (Wildman–Crippen LogP) is 6.64. The van der Waals surface area contributed by atoms with Crippen LogP contribution in [0.5, 0.6) is 34.5 Å². The smallest absolute Gasteiger partial charge is 0.182 e. The zero-order valence-electron chi connectivity index (χ0n) is 15.0. The van der Waals surface area contributed by atoms with Crippen molar-refractivity contribution in [3.05, 3.63) is 109 Å². The lowest BCUT2D eigenvalue weighted by Crippen LogP contribution is -2.00. The van der Waals surface area contributed by atoms with Gasteiger partial charge in [-0.2, -0.15) is 0 Å². The summed E-state index contributed by atoms with van der Waals surface area (Å²) >= 11 is 0. The van der Waals surface area contributed by atoms with Crippen molar-refractivity contribution in [2.24, 2.45) is 0 Å². The van der Waals surface area contributed by atoms with Crippen LogP contribution in [0.15, 0.2) is 109 Å². The standard InChI is InChI=1S/C24H18O4/c1-3-8-19(9-4-1)25-21-14-16-22(17-15-21)27-28-24-13-7-12-23(18-24)26-20-10-5-2-6-11-20/h1-18H. The number of hydrogen-bond donors (Lipinski definition) is 0. The minimum atomic E-state index is 0.540.